The monoisotopic (exact) mass is 295 g/mol. The lowest BCUT2D eigenvalue weighted by Crippen LogP contribution is -2.17. The van der Waals surface area contributed by atoms with E-state index < -0.39 is 11.7 Å². The fourth-order valence-electron chi connectivity index (χ4n) is 1.92. The van der Waals surface area contributed by atoms with Gasteiger partial charge in [-0.3, -0.25) is 0 Å². The third kappa shape index (κ3) is 4.23. The van der Waals surface area contributed by atoms with Crippen LogP contribution in [0.3, 0.4) is 0 Å². The van der Waals surface area contributed by atoms with Crippen LogP contribution in [0.1, 0.15) is 18.1 Å². The zero-order valence-electron chi connectivity index (χ0n) is 11.6. The van der Waals surface area contributed by atoms with Crippen LogP contribution in [-0.4, -0.2) is 6.54 Å². The molecule has 2 rings (SSSR count). The van der Waals surface area contributed by atoms with Gasteiger partial charge in [0.25, 0.3) is 0 Å². The molecule has 0 fully saturated rings. The highest BCUT2D eigenvalue weighted by Crippen LogP contribution is 2.35. The molecule has 0 unspecified atom stereocenters. The molecule has 2 aromatic rings. The van der Waals surface area contributed by atoms with Gasteiger partial charge in [0.2, 0.25) is 0 Å². The van der Waals surface area contributed by atoms with Crippen molar-refractivity contribution in [3.05, 3.63) is 59.7 Å². The van der Waals surface area contributed by atoms with E-state index in [1.807, 2.05) is 13.0 Å². The fraction of sp³-hybridized carbons (Fsp3) is 0.250. The molecule has 0 aliphatic rings. The SMILES string of the molecule is CCNCc1ccc(Oc2ccccc2)cc1C(F)(F)F. The molecule has 21 heavy (non-hydrogen) atoms. The van der Waals surface area contributed by atoms with Gasteiger partial charge in [0, 0.05) is 6.54 Å². The Balaban J connectivity index is 2.28. The molecule has 112 valence electrons. The molecule has 0 aliphatic carbocycles. The molecular weight excluding hydrogens is 279 g/mol. The Hall–Kier alpha value is -2.01. The zero-order chi connectivity index (χ0) is 15.3. The Morgan fingerprint density at radius 1 is 1.00 bits per heavy atom. The summed E-state index contributed by atoms with van der Waals surface area (Å²) in [5.74, 6) is 0.679. The van der Waals surface area contributed by atoms with Gasteiger partial charge in [0.05, 0.1) is 5.56 Å². The molecule has 0 heterocycles. The van der Waals surface area contributed by atoms with Gasteiger partial charge in [-0.15, -0.1) is 0 Å². The molecule has 0 saturated carbocycles. The molecule has 0 saturated heterocycles. The van der Waals surface area contributed by atoms with Crippen molar-refractivity contribution in [3.63, 3.8) is 0 Å². The van der Waals surface area contributed by atoms with Gasteiger partial charge in [0.15, 0.2) is 0 Å². The maximum absolute atomic E-state index is 13.1. The lowest BCUT2D eigenvalue weighted by molar-refractivity contribution is -0.138. The average molecular weight is 295 g/mol. The fourth-order valence-corrected chi connectivity index (χ4v) is 1.92. The van der Waals surface area contributed by atoms with E-state index in [9.17, 15) is 13.2 Å². The van der Waals surface area contributed by atoms with Gasteiger partial charge in [-0.05, 0) is 36.4 Å². The van der Waals surface area contributed by atoms with Crippen LogP contribution in [0.25, 0.3) is 0 Å². The van der Waals surface area contributed by atoms with Crippen LogP contribution in [0, 0.1) is 0 Å². The van der Waals surface area contributed by atoms with Crippen LogP contribution < -0.4 is 10.1 Å². The molecule has 0 spiro atoms. The van der Waals surface area contributed by atoms with Crippen LogP contribution in [0.2, 0.25) is 0 Å². The summed E-state index contributed by atoms with van der Waals surface area (Å²) >= 11 is 0. The van der Waals surface area contributed by atoms with Crippen LogP contribution in [0.5, 0.6) is 11.5 Å². The van der Waals surface area contributed by atoms with Gasteiger partial charge >= 0.3 is 6.18 Å². The highest BCUT2D eigenvalue weighted by Gasteiger charge is 2.33. The predicted molar refractivity (Wildman–Crippen MR) is 75.3 cm³/mol. The minimum Gasteiger partial charge on any atom is -0.457 e. The summed E-state index contributed by atoms with van der Waals surface area (Å²) in [5.41, 5.74) is -0.457. The topological polar surface area (TPSA) is 21.3 Å². The van der Waals surface area contributed by atoms with Crippen molar-refractivity contribution < 1.29 is 17.9 Å². The van der Waals surface area contributed by atoms with Crippen LogP contribution in [0.15, 0.2) is 48.5 Å². The molecule has 2 nitrogen and oxygen atoms in total. The van der Waals surface area contributed by atoms with Crippen molar-refractivity contribution in [2.45, 2.75) is 19.6 Å². The van der Waals surface area contributed by atoms with E-state index in [0.717, 1.165) is 6.07 Å². The number of para-hydroxylation sites is 1. The van der Waals surface area contributed by atoms with Gasteiger partial charge in [-0.1, -0.05) is 31.2 Å². The van der Waals surface area contributed by atoms with E-state index in [0.29, 0.717) is 12.3 Å². The molecule has 2 aromatic carbocycles. The van der Waals surface area contributed by atoms with Gasteiger partial charge in [0.1, 0.15) is 11.5 Å². The second-order valence-electron chi connectivity index (χ2n) is 4.51. The van der Waals surface area contributed by atoms with Gasteiger partial charge in [-0.2, -0.15) is 13.2 Å². The maximum Gasteiger partial charge on any atom is 0.416 e. The second kappa shape index (κ2) is 6.63. The molecule has 0 amide bonds. The number of rotatable bonds is 5. The van der Waals surface area contributed by atoms with E-state index in [1.54, 1.807) is 30.3 Å². The largest absolute Gasteiger partial charge is 0.457 e. The number of ether oxygens (including phenoxy) is 1. The van der Waals surface area contributed by atoms with Crippen molar-refractivity contribution >= 4 is 0 Å². The minimum absolute atomic E-state index is 0.175. The third-order valence-corrected chi connectivity index (χ3v) is 2.93. The molecular formula is C16H16F3NO. The first-order chi connectivity index (χ1) is 10.0. The summed E-state index contributed by atoms with van der Waals surface area (Å²) in [6.07, 6.45) is -4.40. The highest BCUT2D eigenvalue weighted by molar-refractivity contribution is 5.40. The predicted octanol–water partition coefficient (Wildman–Crippen LogP) is 4.61. The summed E-state index contributed by atoms with van der Waals surface area (Å²) in [4.78, 5) is 0. The van der Waals surface area contributed by atoms with Crippen molar-refractivity contribution in [2.24, 2.45) is 0 Å². The smallest absolute Gasteiger partial charge is 0.416 e. The summed E-state index contributed by atoms with van der Waals surface area (Å²) < 4.78 is 44.8. The quantitative estimate of drug-likeness (QED) is 0.870. The first-order valence-corrected chi connectivity index (χ1v) is 6.64. The first-order valence-electron chi connectivity index (χ1n) is 6.64. The third-order valence-electron chi connectivity index (χ3n) is 2.93. The number of hydrogen-bond donors (Lipinski definition) is 1. The van der Waals surface area contributed by atoms with E-state index in [2.05, 4.69) is 5.32 Å². The minimum atomic E-state index is -4.40. The highest BCUT2D eigenvalue weighted by atomic mass is 19.4. The van der Waals surface area contributed by atoms with Crippen molar-refractivity contribution in [3.8, 4) is 11.5 Å². The van der Waals surface area contributed by atoms with Crippen molar-refractivity contribution in [2.75, 3.05) is 6.54 Å². The molecule has 0 bridgehead atoms. The van der Waals surface area contributed by atoms with Gasteiger partial charge < -0.3 is 10.1 Å². The van der Waals surface area contributed by atoms with Crippen LogP contribution in [0.4, 0.5) is 13.2 Å². The summed E-state index contributed by atoms with van der Waals surface area (Å²) in [6, 6.07) is 12.8. The van der Waals surface area contributed by atoms with Crippen LogP contribution in [-0.2, 0) is 12.7 Å². The summed E-state index contributed by atoms with van der Waals surface area (Å²) in [5, 5.41) is 2.91. The molecule has 5 heteroatoms. The molecule has 0 atom stereocenters. The lowest BCUT2D eigenvalue weighted by atomic mass is 10.1. The maximum atomic E-state index is 13.1. The Labute approximate surface area is 121 Å². The number of benzene rings is 2. The Morgan fingerprint density at radius 2 is 1.71 bits per heavy atom. The van der Waals surface area contributed by atoms with E-state index in [-0.39, 0.29) is 17.9 Å². The van der Waals surface area contributed by atoms with Gasteiger partial charge in [-0.25, -0.2) is 0 Å². The second-order valence-corrected chi connectivity index (χ2v) is 4.51. The molecule has 1 N–H and O–H groups in total. The van der Waals surface area contributed by atoms with Crippen molar-refractivity contribution in [1.82, 2.24) is 5.32 Å². The Morgan fingerprint density at radius 3 is 2.33 bits per heavy atom. The first kappa shape index (κ1) is 15.4. The normalized spacial score (nSPS) is 11.4. The number of hydrogen-bond acceptors (Lipinski definition) is 2. The average Bonchev–Trinajstić information content (AvgIpc) is 2.46. The zero-order valence-corrected chi connectivity index (χ0v) is 11.6. The Kier molecular flexibility index (Phi) is 4.85. The lowest BCUT2D eigenvalue weighted by Gasteiger charge is -2.15. The van der Waals surface area contributed by atoms with E-state index >= 15 is 0 Å². The Bertz CT molecular complexity index is 582. The summed E-state index contributed by atoms with van der Waals surface area (Å²) in [7, 11) is 0. The standard InChI is InChI=1S/C16H16F3NO/c1-2-20-11-12-8-9-14(10-15(12)16(17,18)19)21-13-6-4-3-5-7-13/h3-10,20H,2,11H2,1H3. The molecule has 0 aromatic heterocycles. The molecule has 0 radical (unpaired) electrons. The number of nitrogens with one attached hydrogen (secondary N) is 1. The molecule has 0 aliphatic heterocycles. The van der Waals surface area contributed by atoms with Crippen molar-refractivity contribution in [1.29, 1.82) is 0 Å². The van der Waals surface area contributed by atoms with Crippen LogP contribution >= 0.6 is 0 Å². The summed E-state index contributed by atoms with van der Waals surface area (Å²) in [6.45, 7) is 2.64. The van der Waals surface area contributed by atoms with E-state index in [1.165, 1.54) is 6.07 Å². The van der Waals surface area contributed by atoms with E-state index in [4.69, 9.17) is 4.74 Å². The number of alkyl halides is 3. The number of halogens is 3.